The summed E-state index contributed by atoms with van der Waals surface area (Å²) in [6, 6.07) is 9.97. The van der Waals surface area contributed by atoms with E-state index in [0.717, 1.165) is 38.0 Å². The van der Waals surface area contributed by atoms with Crippen molar-refractivity contribution < 1.29 is 5.11 Å². The van der Waals surface area contributed by atoms with E-state index in [9.17, 15) is 5.11 Å². The zero-order valence-corrected chi connectivity index (χ0v) is 10.5. The van der Waals surface area contributed by atoms with Crippen molar-refractivity contribution in [2.24, 2.45) is 0 Å². The second-order valence-electron chi connectivity index (χ2n) is 4.70. The molecule has 17 heavy (non-hydrogen) atoms. The van der Waals surface area contributed by atoms with Gasteiger partial charge in [0.15, 0.2) is 5.72 Å². The molecule has 0 bridgehead atoms. The van der Waals surface area contributed by atoms with Crippen LogP contribution < -0.4 is 5.32 Å². The zero-order valence-electron chi connectivity index (χ0n) is 10.5. The highest BCUT2D eigenvalue weighted by Gasteiger charge is 2.37. The minimum absolute atomic E-state index is 0.612. The Balaban J connectivity index is 2.19. The summed E-state index contributed by atoms with van der Waals surface area (Å²) >= 11 is 0. The van der Waals surface area contributed by atoms with E-state index < -0.39 is 5.72 Å². The van der Waals surface area contributed by atoms with Gasteiger partial charge in [-0.25, -0.2) is 0 Å². The summed E-state index contributed by atoms with van der Waals surface area (Å²) in [5.41, 5.74) is 0.151. The highest BCUT2D eigenvalue weighted by Crippen LogP contribution is 2.27. The first kappa shape index (κ1) is 12.6. The topological polar surface area (TPSA) is 35.5 Å². The number of hydrogen-bond acceptors (Lipinski definition) is 3. The Labute approximate surface area is 103 Å². The number of benzene rings is 1. The van der Waals surface area contributed by atoms with Gasteiger partial charge in [0.25, 0.3) is 0 Å². The van der Waals surface area contributed by atoms with Crippen LogP contribution in [0.3, 0.4) is 0 Å². The first-order valence-electron chi connectivity index (χ1n) is 6.51. The molecule has 2 rings (SSSR count). The summed E-state index contributed by atoms with van der Waals surface area (Å²) in [4.78, 5) is 2.20. The fourth-order valence-corrected chi connectivity index (χ4v) is 2.41. The van der Waals surface area contributed by atoms with Gasteiger partial charge in [0.1, 0.15) is 0 Å². The van der Waals surface area contributed by atoms with Gasteiger partial charge in [0.2, 0.25) is 0 Å². The Bertz CT molecular complexity index is 341. The largest absolute Gasteiger partial charge is 0.370 e. The highest BCUT2D eigenvalue weighted by atomic mass is 16.3. The SMILES string of the molecule is CCCCN1CCNCC1(O)c1ccccc1. The molecule has 1 aromatic rings. The van der Waals surface area contributed by atoms with E-state index in [4.69, 9.17) is 0 Å². The summed E-state index contributed by atoms with van der Waals surface area (Å²) in [7, 11) is 0. The first-order valence-corrected chi connectivity index (χ1v) is 6.51. The van der Waals surface area contributed by atoms with Gasteiger partial charge in [-0.1, -0.05) is 43.7 Å². The van der Waals surface area contributed by atoms with Crippen LogP contribution in [0, 0.1) is 0 Å². The third-order valence-corrected chi connectivity index (χ3v) is 3.47. The maximum atomic E-state index is 10.9. The number of nitrogens with zero attached hydrogens (tertiary/aromatic N) is 1. The maximum absolute atomic E-state index is 10.9. The number of β-amino-alcohol motifs (C(OH)–C–C–N with tert-alkyl or cyclic N) is 1. The summed E-state index contributed by atoms with van der Waals surface area (Å²) in [6.07, 6.45) is 2.30. The van der Waals surface area contributed by atoms with Crippen molar-refractivity contribution in [2.75, 3.05) is 26.2 Å². The molecule has 1 atom stereocenters. The third-order valence-electron chi connectivity index (χ3n) is 3.47. The number of rotatable bonds is 4. The second-order valence-corrected chi connectivity index (χ2v) is 4.70. The van der Waals surface area contributed by atoms with Crippen molar-refractivity contribution >= 4 is 0 Å². The van der Waals surface area contributed by atoms with Crippen molar-refractivity contribution in [2.45, 2.75) is 25.5 Å². The second kappa shape index (κ2) is 5.63. The summed E-state index contributed by atoms with van der Waals surface area (Å²) in [6.45, 7) is 5.62. The van der Waals surface area contributed by atoms with Gasteiger partial charge in [-0.15, -0.1) is 0 Å². The van der Waals surface area contributed by atoms with Gasteiger partial charge in [0.05, 0.1) is 0 Å². The lowest BCUT2D eigenvalue weighted by molar-refractivity contribution is -0.128. The Kier molecular flexibility index (Phi) is 4.15. The Hall–Kier alpha value is -0.900. The summed E-state index contributed by atoms with van der Waals surface area (Å²) in [5, 5.41) is 14.2. The lowest BCUT2D eigenvalue weighted by atomic mass is 9.98. The van der Waals surface area contributed by atoms with E-state index >= 15 is 0 Å². The molecule has 1 aliphatic heterocycles. The molecule has 1 saturated heterocycles. The first-order chi connectivity index (χ1) is 8.27. The van der Waals surface area contributed by atoms with Gasteiger partial charge in [-0.2, -0.15) is 0 Å². The van der Waals surface area contributed by atoms with Gasteiger partial charge in [0, 0.05) is 26.2 Å². The van der Waals surface area contributed by atoms with Crippen molar-refractivity contribution in [3.8, 4) is 0 Å². The van der Waals surface area contributed by atoms with Crippen molar-refractivity contribution in [3.05, 3.63) is 35.9 Å². The fourth-order valence-electron chi connectivity index (χ4n) is 2.41. The molecular weight excluding hydrogens is 212 g/mol. The Morgan fingerprint density at radius 2 is 2.12 bits per heavy atom. The van der Waals surface area contributed by atoms with E-state index in [-0.39, 0.29) is 0 Å². The van der Waals surface area contributed by atoms with Crippen molar-refractivity contribution in [3.63, 3.8) is 0 Å². The molecule has 1 heterocycles. The smallest absolute Gasteiger partial charge is 0.157 e. The van der Waals surface area contributed by atoms with Crippen LogP contribution in [0.15, 0.2) is 30.3 Å². The van der Waals surface area contributed by atoms with E-state index in [1.165, 1.54) is 0 Å². The molecule has 0 aliphatic carbocycles. The van der Waals surface area contributed by atoms with Gasteiger partial charge >= 0.3 is 0 Å². The summed E-state index contributed by atoms with van der Waals surface area (Å²) in [5.74, 6) is 0. The highest BCUT2D eigenvalue weighted by molar-refractivity contribution is 5.23. The quantitative estimate of drug-likeness (QED) is 0.829. The number of hydrogen-bond donors (Lipinski definition) is 2. The molecule has 3 nitrogen and oxygen atoms in total. The number of nitrogens with one attached hydrogen (secondary N) is 1. The third kappa shape index (κ3) is 2.68. The molecule has 3 heteroatoms. The fraction of sp³-hybridized carbons (Fsp3) is 0.571. The van der Waals surface area contributed by atoms with Crippen molar-refractivity contribution in [1.82, 2.24) is 10.2 Å². The standard InChI is InChI=1S/C14H22N2O/c1-2-3-10-16-11-9-15-12-14(16,17)13-7-5-4-6-8-13/h4-8,15,17H,2-3,9-12H2,1H3. The van der Waals surface area contributed by atoms with Crippen molar-refractivity contribution in [1.29, 1.82) is 0 Å². The average molecular weight is 234 g/mol. The lowest BCUT2D eigenvalue weighted by Gasteiger charge is -2.44. The van der Waals surface area contributed by atoms with Crippen LogP contribution >= 0.6 is 0 Å². The molecule has 2 N–H and O–H groups in total. The van der Waals surface area contributed by atoms with E-state index in [1.807, 2.05) is 30.3 Å². The number of piperazine rings is 1. The number of unbranched alkanes of at least 4 members (excludes halogenated alkanes) is 1. The molecule has 1 aliphatic rings. The van der Waals surface area contributed by atoms with Crippen LogP contribution in [0.4, 0.5) is 0 Å². The minimum Gasteiger partial charge on any atom is -0.370 e. The lowest BCUT2D eigenvalue weighted by Crippen LogP contribution is -2.59. The average Bonchev–Trinajstić information content (AvgIpc) is 2.39. The molecule has 1 aromatic carbocycles. The van der Waals surface area contributed by atoms with Gasteiger partial charge in [-0.3, -0.25) is 4.90 Å². The van der Waals surface area contributed by atoms with E-state index in [0.29, 0.717) is 6.54 Å². The van der Waals surface area contributed by atoms with E-state index in [1.54, 1.807) is 0 Å². The van der Waals surface area contributed by atoms with Crippen LogP contribution in [0.1, 0.15) is 25.3 Å². The molecule has 0 radical (unpaired) electrons. The normalized spacial score (nSPS) is 26.0. The van der Waals surface area contributed by atoms with Crippen LogP contribution in [0.25, 0.3) is 0 Å². The van der Waals surface area contributed by atoms with Crippen LogP contribution in [-0.2, 0) is 5.72 Å². The summed E-state index contributed by atoms with van der Waals surface area (Å²) < 4.78 is 0. The molecule has 0 saturated carbocycles. The predicted molar refractivity (Wildman–Crippen MR) is 69.7 cm³/mol. The van der Waals surface area contributed by atoms with Crippen LogP contribution in [0.5, 0.6) is 0 Å². The monoisotopic (exact) mass is 234 g/mol. The zero-order chi connectivity index (χ0) is 12.1. The predicted octanol–water partition coefficient (Wildman–Crippen LogP) is 1.54. The molecule has 0 aromatic heterocycles. The molecule has 0 amide bonds. The van der Waals surface area contributed by atoms with E-state index in [2.05, 4.69) is 17.1 Å². The van der Waals surface area contributed by atoms with Crippen LogP contribution in [-0.4, -0.2) is 36.2 Å². The maximum Gasteiger partial charge on any atom is 0.157 e. The minimum atomic E-state index is -0.839. The molecular formula is C14H22N2O. The van der Waals surface area contributed by atoms with Gasteiger partial charge in [-0.05, 0) is 12.0 Å². The molecule has 1 fully saturated rings. The number of aliphatic hydroxyl groups is 1. The molecule has 1 unspecified atom stereocenters. The van der Waals surface area contributed by atoms with Gasteiger partial charge < -0.3 is 10.4 Å². The van der Waals surface area contributed by atoms with Crippen LogP contribution in [0.2, 0.25) is 0 Å². The Morgan fingerprint density at radius 3 is 2.82 bits per heavy atom. The molecule has 94 valence electrons. The molecule has 0 spiro atoms. The Morgan fingerprint density at radius 1 is 1.35 bits per heavy atom.